The summed E-state index contributed by atoms with van der Waals surface area (Å²) in [7, 11) is 1.57. The van der Waals surface area contributed by atoms with Gasteiger partial charge in [0, 0.05) is 30.2 Å². The van der Waals surface area contributed by atoms with Crippen LogP contribution in [0.3, 0.4) is 0 Å². The Morgan fingerprint density at radius 1 is 1.13 bits per heavy atom. The van der Waals surface area contributed by atoms with Crippen LogP contribution in [0.5, 0.6) is 11.5 Å². The molecule has 0 atom stereocenters. The number of hydrogen-bond donors (Lipinski definition) is 1. The predicted octanol–water partition coefficient (Wildman–Crippen LogP) is 4.55. The standard InChI is InChI=1S/C23H28N4O3/c1-3-4-5-6-14-30-20-10-9-19(15-21(20)29-2)23(28)25-22-11-13-27(26-22)17-18-8-7-12-24-16-18/h7-13,15-16H,3-6,14,17H2,1-2H3,(H,25,26,28). The minimum absolute atomic E-state index is 0.255. The third-order valence-electron chi connectivity index (χ3n) is 4.63. The molecule has 30 heavy (non-hydrogen) atoms. The van der Waals surface area contributed by atoms with Crippen molar-refractivity contribution in [2.75, 3.05) is 19.0 Å². The Balaban J connectivity index is 1.58. The molecule has 3 rings (SSSR count). The molecule has 0 aliphatic carbocycles. The molecule has 7 nitrogen and oxygen atoms in total. The van der Waals surface area contributed by atoms with E-state index in [0.29, 0.717) is 36.0 Å². The van der Waals surface area contributed by atoms with Crippen molar-refractivity contribution in [3.63, 3.8) is 0 Å². The number of aromatic nitrogens is 3. The van der Waals surface area contributed by atoms with Gasteiger partial charge in [0.2, 0.25) is 0 Å². The van der Waals surface area contributed by atoms with Gasteiger partial charge in [-0.2, -0.15) is 5.10 Å². The molecule has 7 heteroatoms. The van der Waals surface area contributed by atoms with Crippen molar-refractivity contribution >= 4 is 11.7 Å². The number of anilines is 1. The van der Waals surface area contributed by atoms with E-state index >= 15 is 0 Å². The summed E-state index contributed by atoms with van der Waals surface area (Å²) in [6.45, 7) is 3.40. The van der Waals surface area contributed by atoms with Gasteiger partial charge in [-0.3, -0.25) is 14.5 Å². The van der Waals surface area contributed by atoms with E-state index in [9.17, 15) is 4.79 Å². The lowest BCUT2D eigenvalue weighted by atomic mass is 10.2. The summed E-state index contributed by atoms with van der Waals surface area (Å²) in [6.07, 6.45) is 9.88. The average molecular weight is 409 g/mol. The smallest absolute Gasteiger partial charge is 0.257 e. The second-order valence-electron chi connectivity index (χ2n) is 6.99. The van der Waals surface area contributed by atoms with Crippen LogP contribution in [0, 0.1) is 0 Å². The Labute approximate surface area is 177 Å². The van der Waals surface area contributed by atoms with Crippen LogP contribution in [0.1, 0.15) is 48.5 Å². The SMILES string of the molecule is CCCCCCOc1ccc(C(=O)Nc2ccn(Cc3cccnc3)n2)cc1OC. The second-order valence-corrected chi connectivity index (χ2v) is 6.99. The molecule has 0 bridgehead atoms. The highest BCUT2D eigenvalue weighted by Gasteiger charge is 2.13. The zero-order valence-corrected chi connectivity index (χ0v) is 17.5. The van der Waals surface area contributed by atoms with Gasteiger partial charge >= 0.3 is 0 Å². The molecule has 1 aromatic carbocycles. The lowest BCUT2D eigenvalue weighted by Crippen LogP contribution is -2.13. The van der Waals surface area contributed by atoms with Crippen molar-refractivity contribution < 1.29 is 14.3 Å². The van der Waals surface area contributed by atoms with Crippen LogP contribution in [-0.2, 0) is 6.54 Å². The van der Waals surface area contributed by atoms with E-state index in [-0.39, 0.29) is 5.91 Å². The number of nitrogens with zero attached hydrogens (tertiary/aromatic N) is 3. The summed E-state index contributed by atoms with van der Waals surface area (Å²) in [6, 6.07) is 10.8. The first-order valence-electron chi connectivity index (χ1n) is 10.2. The van der Waals surface area contributed by atoms with Gasteiger partial charge in [-0.05, 0) is 36.2 Å². The van der Waals surface area contributed by atoms with Gasteiger partial charge < -0.3 is 14.8 Å². The summed E-state index contributed by atoms with van der Waals surface area (Å²) < 4.78 is 13.0. The number of benzene rings is 1. The topological polar surface area (TPSA) is 78.3 Å². The minimum Gasteiger partial charge on any atom is -0.493 e. The third-order valence-corrected chi connectivity index (χ3v) is 4.63. The fourth-order valence-electron chi connectivity index (χ4n) is 3.02. The van der Waals surface area contributed by atoms with E-state index in [2.05, 4.69) is 22.3 Å². The molecule has 0 aliphatic heterocycles. The number of carbonyl (C=O) groups is 1. The van der Waals surface area contributed by atoms with E-state index in [1.807, 2.05) is 18.3 Å². The molecule has 0 saturated heterocycles. The number of ether oxygens (including phenoxy) is 2. The number of methoxy groups -OCH3 is 1. The molecule has 0 radical (unpaired) electrons. The minimum atomic E-state index is -0.255. The maximum absolute atomic E-state index is 12.6. The second kappa shape index (κ2) is 11.0. The molecule has 2 aromatic heterocycles. The van der Waals surface area contributed by atoms with Crippen LogP contribution in [0.4, 0.5) is 5.82 Å². The largest absolute Gasteiger partial charge is 0.493 e. The maximum Gasteiger partial charge on any atom is 0.257 e. The molecule has 158 valence electrons. The molecule has 2 heterocycles. The zero-order valence-electron chi connectivity index (χ0n) is 17.5. The molecule has 3 aromatic rings. The van der Waals surface area contributed by atoms with E-state index in [4.69, 9.17) is 9.47 Å². The normalized spacial score (nSPS) is 10.6. The molecule has 0 aliphatic rings. The lowest BCUT2D eigenvalue weighted by Gasteiger charge is -2.12. The Hall–Kier alpha value is -3.35. The van der Waals surface area contributed by atoms with Crippen LogP contribution < -0.4 is 14.8 Å². The van der Waals surface area contributed by atoms with Crippen LogP contribution in [0.25, 0.3) is 0 Å². The monoisotopic (exact) mass is 408 g/mol. The molecule has 0 unspecified atom stereocenters. The molecular weight excluding hydrogens is 380 g/mol. The van der Waals surface area contributed by atoms with Gasteiger partial charge in [0.25, 0.3) is 5.91 Å². The maximum atomic E-state index is 12.6. The van der Waals surface area contributed by atoms with E-state index < -0.39 is 0 Å². The van der Waals surface area contributed by atoms with Crippen LogP contribution in [0.2, 0.25) is 0 Å². The van der Waals surface area contributed by atoms with Gasteiger partial charge in [-0.1, -0.05) is 32.3 Å². The lowest BCUT2D eigenvalue weighted by molar-refractivity contribution is 0.102. The van der Waals surface area contributed by atoms with Gasteiger partial charge in [-0.15, -0.1) is 0 Å². The van der Waals surface area contributed by atoms with Crippen LogP contribution in [-0.4, -0.2) is 34.4 Å². The highest BCUT2D eigenvalue weighted by Crippen LogP contribution is 2.28. The van der Waals surface area contributed by atoms with Gasteiger partial charge in [0.15, 0.2) is 17.3 Å². The summed E-state index contributed by atoms with van der Waals surface area (Å²) in [5.41, 5.74) is 1.51. The Morgan fingerprint density at radius 3 is 2.80 bits per heavy atom. The first-order chi connectivity index (χ1) is 14.7. The van der Waals surface area contributed by atoms with E-state index in [1.54, 1.807) is 48.5 Å². The van der Waals surface area contributed by atoms with Crippen LogP contribution in [0.15, 0.2) is 55.0 Å². The summed E-state index contributed by atoms with van der Waals surface area (Å²) in [5, 5.41) is 7.22. The molecule has 1 N–H and O–H groups in total. The zero-order chi connectivity index (χ0) is 21.2. The predicted molar refractivity (Wildman–Crippen MR) is 116 cm³/mol. The fourth-order valence-corrected chi connectivity index (χ4v) is 3.02. The quantitative estimate of drug-likeness (QED) is 0.471. The van der Waals surface area contributed by atoms with Crippen molar-refractivity contribution in [3.05, 3.63) is 66.1 Å². The fraction of sp³-hybridized carbons (Fsp3) is 0.348. The number of pyridine rings is 1. The van der Waals surface area contributed by atoms with Crippen molar-refractivity contribution in [2.24, 2.45) is 0 Å². The summed E-state index contributed by atoms with van der Waals surface area (Å²) in [5.74, 6) is 1.42. The van der Waals surface area contributed by atoms with Crippen molar-refractivity contribution in [3.8, 4) is 11.5 Å². The molecule has 1 amide bonds. The van der Waals surface area contributed by atoms with Crippen molar-refractivity contribution in [1.82, 2.24) is 14.8 Å². The number of carbonyl (C=O) groups excluding carboxylic acids is 1. The molecule has 0 fully saturated rings. The summed E-state index contributed by atoms with van der Waals surface area (Å²) >= 11 is 0. The van der Waals surface area contributed by atoms with Crippen molar-refractivity contribution in [2.45, 2.75) is 39.2 Å². The first-order valence-corrected chi connectivity index (χ1v) is 10.2. The Bertz CT molecular complexity index is 941. The van der Waals surface area contributed by atoms with E-state index in [1.165, 1.54) is 12.8 Å². The number of amides is 1. The number of nitrogens with one attached hydrogen (secondary N) is 1. The Morgan fingerprint density at radius 2 is 2.03 bits per heavy atom. The van der Waals surface area contributed by atoms with Gasteiger partial charge in [-0.25, -0.2) is 0 Å². The molecule has 0 spiro atoms. The number of unbranched alkanes of at least 4 members (excludes halogenated alkanes) is 3. The molecular formula is C23H28N4O3. The summed E-state index contributed by atoms with van der Waals surface area (Å²) in [4.78, 5) is 16.7. The Kier molecular flexibility index (Phi) is 7.83. The van der Waals surface area contributed by atoms with Gasteiger partial charge in [0.1, 0.15) is 0 Å². The highest BCUT2D eigenvalue weighted by atomic mass is 16.5. The highest BCUT2D eigenvalue weighted by molar-refractivity contribution is 6.04. The molecule has 0 saturated carbocycles. The average Bonchev–Trinajstić information content (AvgIpc) is 3.20. The van der Waals surface area contributed by atoms with Crippen molar-refractivity contribution in [1.29, 1.82) is 0 Å². The van der Waals surface area contributed by atoms with E-state index in [0.717, 1.165) is 18.4 Å². The van der Waals surface area contributed by atoms with Gasteiger partial charge in [0.05, 0.1) is 20.3 Å². The third kappa shape index (κ3) is 6.07. The number of hydrogen-bond acceptors (Lipinski definition) is 5. The number of rotatable bonds is 11. The van der Waals surface area contributed by atoms with Crippen LogP contribution >= 0.6 is 0 Å². The first kappa shape index (κ1) is 21.4.